The SMILES string of the molecule is O=C(O)C1CC(C(=O)O)N(C(=O)O)C1.O=C(O)c1cccc2c(C(=O)O)cccc12. The van der Waals surface area contributed by atoms with Crippen molar-refractivity contribution in [2.45, 2.75) is 12.5 Å². The molecule has 5 N–H and O–H groups in total. The second-order valence-corrected chi connectivity index (χ2v) is 6.38. The van der Waals surface area contributed by atoms with Crippen molar-refractivity contribution >= 4 is 40.7 Å². The first kappa shape index (κ1) is 22.1. The molecule has 11 heteroatoms. The van der Waals surface area contributed by atoms with E-state index >= 15 is 0 Å². The van der Waals surface area contributed by atoms with Crippen LogP contribution in [0.25, 0.3) is 10.8 Å². The lowest BCUT2D eigenvalue weighted by Crippen LogP contribution is -2.39. The normalized spacial score (nSPS) is 17.7. The first-order chi connectivity index (χ1) is 14.0. The van der Waals surface area contributed by atoms with E-state index in [0.717, 1.165) is 0 Å². The Labute approximate surface area is 168 Å². The van der Waals surface area contributed by atoms with Gasteiger partial charge in [0.2, 0.25) is 0 Å². The zero-order chi connectivity index (χ0) is 22.6. The lowest BCUT2D eigenvalue weighted by Gasteiger charge is -2.16. The van der Waals surface area contributed by atoms with Crippen LogP contribution in [0.3, 0.4) is 0 Å². The minimum Gasteiger partial charge on any atom is -0.481 e. The highest BCUT2D eigenvalue weighted by Gasteiger charge is 2.42. The smallest absolute Gasteiger partial charge is 0.408 e. The average Bonchev–Trinajstić information content (AvgIpc) is 3.14. The number of carboxylic acids is 4. The minimum atomic E-state index is -1.40. The number of hydrogen-bond donors (Lipinski definition) is 5. The average molecular weight is 419 g/mol. The van der Waals surface area contributed by atoms with Crippen molar-refractivity contribution in [1.82, 2.24) is 4.90 Å². The van der Waals surface area contributed by atoms with Crippen LogP contribution >= 0.6 is 0 Å². The Bertz CT molecular complexity index is 956. The molecule has 1 amide bonds. The highest BCUT2D eigenvalue weighted by atomic mass is 16.4. The van der Waals surface area contributed by atoms with Crippen molar-refractivity contribution in [2.75, 3.05) is 6.54 Å². The lowest BCUT2D eigenvalue weighted by atomic mass is 10.0. The first-order valence-corrected chi connectivity index (χ1v) is 8.48. The molecule has 1 aliphatic rings. The fraction of sp³-hybridized carbons (Fsp3) is 0.211. The molecule has 158 valence electrons. The third-order valence-corrected chi connectivity index (χ3v) is 4.56. The van der Waals surface area contributed by atoms with Gasteiger partial charge in [-0.3, -0.25) is 9.69 Å². The summed E-state index contributed by atoms with van der Waals surface area (Å²) in [5, 5.41) is 44.6. The summed E-state index contributed by atoms with van der Waals surface area (Å²) >= 11 is 0. The van der Waals surface area contributed by atoms with Crippen molar-refractivity contribution in [3.05, 3.63) is 47.5 Å². The molecule has 2 aromatic carbocycles. The quantitative estimate of drug-likeness (QED) is 0.488. The van der Waals surface area contributed by atoms with Gasteiger partial charge in [0.1, 0.15) is 6.04 Å². The van der Waals surface area contributed by atoms with Gasteiger partial charge in [-0.05, 0) is 29.3 Å². The summed E-state index contributed by atoms with van der Waals surface area (Å²) in [6, 6.07) is 7.95. The van der Waals surface area contributed by atoms with Gasteiger partial charge < -0.3 is 25.5 Å². The molecule has 1 aliphatic heterocycles. The van der Waals surface area contributed by atoms with E-state index in [1.54, 1.807) is 12.1 Å². The molecule has 1 fully saturated rings. The van der Waals surface area contributed by atoms with Gasteiger partial charge in [-0.2, -0.15) is 0 Å². The van der Waals surface area contributed by atoms with Crippen LogP contribution in [0.2, 0.25) is 0 Å². The first-order valence-electron chi connectivity index (χ1n) is 8.48. The Balaban J connectivity index is 0.000000216. The number of carbonyl (C=O) groups is 5. The van der Waals surface area contributed by atoms with Gasteiger partial charge in [0, 0.05) is 6.54 Å². The van der Waals surface area contributed by atoms with E-state index in [1.807, 2.05) is 0 Å². The third kappa shape index (κ3) is 4.63. The summed E-state index contributed by atoms with van der Waals surface area (Å²) in [6.45, 7) is -0.262. The summed E-state index contributed by atoms with van der Waals surface area (Å²) in [7, 11) is 0. The fourth-order valence-corrected chi connectivity index (χ4v) is 3.14. The summed E-state index contributed by atoms with van der Waals surface area (Å²) in [6.07, 6.45) is -1.57. The second-order valence-electron chi connectivity index (χ2n) is 6.38. The van der Waals surface area contributed by atoms with Gasteiger partial charge in [0.15, 0.2) is 0 Å². The van der Waals surface area contributed by atoms with Gasteiger partial charge >= 0.3 is 30.0 Å². The van der Waals surface area contributed by atoms with Crippen molar-refractivity contribution in [3.63, 3.8) is 0 Å². The van der Waals surface area contributed by atoms with E-state index in [-0.39, 0.29) is 24.1 Å². The topological polar surface area (TPSA) is 190 Å². The highest BCUT2D eigenvalue weighted by molar-refractivity contribution is 6.10. The van der Waals surface area contributed by atoms with Crippen LogP contribution in [0.4, 0.5) is 4.79 Å². The number of rotatable bonds is 4. The maximum Gasteiger partial charge on any atom is 0.408 e. The molecular weight excluding hydrogens is 402 g/mol. The van der Waals surface area contributed by atoms with Gasteiger partial charge in [-0.15, -0.1) is 0 Å². The summed E-state index contributed by atoms with van der Waals surface area (Å²) < 4.78 is 0. The largest absolute Gasteiger partial charge is 0.481 e. The molecule has 0 spiro atoms. The summed E-state index contributed by atoms with van der Waals surface area (Å²) in [5.41, 5.74) is 0.223. The van der Waals surface area contributed by atoms with Crippen LogP contribution in [0, 0.1) is 5.92 Å². The van der Waals surface area contributed by atoms with Crippen LogP contribution in [-0.4, -0.2) is 73.0 Å². The molecule has 2 unspecified atom stereocenters. The molecule has 0 radical (unpaired) electrons. The Hall–Kier alpha value is -4.15. The molecule has 1 saturated heterocycles. The second kappa shape index (κ2) is 8.90. The number of hydrogen-bond acceptors (Lipinski definition) is 5. The van der Waals surface area contributed by atoms with Crippen LogP contribution in [0.15, 0.2) is 36.4 Å². The maximum atomic E-state index is 10.9. The Kier molecular flexibility index (Phi) is 6.57. The molecule has 11 nitrogen and oxygen atoms in total. The number of benzene rings is 2. The Morgan fingerprint density at radius 1 is 0.733 bits per heavy atom. The van der Waals surface area contributed by atoms with Gasteiger partial charge in [-0.25, -0.2) is 19.2 Å². The van der Waals surface area contributed by atoms with E-state index < -0.39 is 41.9 Å². The maximum absolute atomic E-state index is 10.9. The summed E-state index contributed by atoms with van der Waals surface area (Å²) in [5.74, 6) is -5.52. The molecule has 0 aliphatic carbocycles. The van der Waals surface area contributed by atoms with Crippen LogP contribution in [-0.2, 0) is 9.59 Å². The van der Waals surface area contributed by atoms with Gasteiger partial charge in [0.05, 0.1) is 17.0 Å². The monoisotopic (exact) mass is 419 g/mol. The number of fused-ring (bicyclic) bond motifs is 1. The number of aliphatic carboxylic acids is 2. The lowest BCUT2D eigenvalue weighted by molar-refractivity contribution is -0.141. The number of nitrogens with zero attached hydrogens (tertiary/aromatic N) is 1. The molecule has 3 rings (SSSR count). The van der Waals surface area contributed by atoms with Crippen LogP contribution in [0.5, 0.6) is 0 Å². The van der Waals surface area contributed by atoms with E-state index in [0.29, 0.717) is 15.7 Å². The molecule has 2 atom stereocenters. The third-order valence-electron chi connectivity index (χ3n) is 4.56. The molecule has 0 saturated carbocycles. The van der Waals surface area contributed by atoms with Gasteiger partial charge in [0.25, 0.3) is 0 Å². The standard InChI is InChI=1S/C12H8O4.C7H9NO6/c13-11(14)9-5-1-3-7-8(9)4-2-6-10(7)12(15)16;9-5(10)3-1-4(6(11)12)8(2-3)7(13)14/h1-6H,(H,13,14)(H,15,16);3-4H,1-2H2,(H,9,10)(H,11,12)(H,13,14). The Morgan fingerprint density at radius 3 is 1.50 bits per heavy atom. The predicted octanol–water partition coefficient (Wildman–Crippen LogP) is 1.76. The van der Waals surface area contributed by atoms with E-state index in [9.17, 15) is 24.0 Å². The van der Waals surface area contributed by atoms with Crippen molar-refractivity contribution in [1.29, 1.82) is 0 Å². The summed E-state index contributed by atoms with van der Waals surface area (Å²) in [4.78, 5) is 54.2. The predicted molar refractivity (Wildman–Crippen MR) is 99.8 cm³/mol. The van der Waals surface area contributed by atoms with Crippen molar-refractivity contribution in [2.24, 2.45) is 5.92 Å². The number of carboxylic acid groups (broad SMARTS) is 5. The zero-order valence-electron chi connectivity index (χ0n) is 15.3. The van der Waals surface area contributed by atoms with Crippen molar-refractivity contribution < 1.29 is 49.5 Å². The van der Waals surface area contributed by atoms with Crippen LogP contribution in [0.1, 0.15) is 27.1 Å². The molecule has 30 heavy (non-hydrogen) atoms. The van der Waals surface area contributed by atoms with Crippen molar-refractivity contribution in [3.8, 4) is 0 Å². The van der Waals surface area contributed by atoms with E-state index in [2.05, 4.69) is 0 Å². The van der Waals surface area contributed by atoms with Crippen LogP contribution < -0.4 is 0 Å². The molecular formula is C19H17NO10. The molecule has 2 aromatic rings. The van der Waals surface area contributed by atoms with E-state index in [1.165, 1.54) is 24.3 Å². The number of likely N-dealkylation sites (tertiary alicyclic amines) is 1. The molecule has 1 heterocycles. The Morgan fingerprint density at radius 2 is 1.20 bits per heavy atom. The highest BCUT2D eigenvalue weighted by Crippen LogP contribution is 2.24. The molecule has 0 aromatic heterocycles. The van der Waals surface area contributed by atoms with Gasteiger partial charge in [-0.1, -0.05) is 24.3 Å². The zero-order valence-corrected chi connectivity index (χ0v) is 15.3. The molecule has 0 bridgehead atoms. The fourth-order valence-electron chi connectivity index (χ4n) is 3.14. The minimum absolute atomic E-state index is 0.112. The number of aromatic carboxylic acids is 2. The number of amides is 1. The van der Waals surface area contributed by atoms with E-state index in [4.69, 9.17) is 25.5 Å².